The quantitative estimate of drug-likeness (QED) is 0.508. The van der Waals surface area contributed by atoms with E-state index in [1.165, 1.54) is 0 Å². The Balaban J connectivity index is 2.44. The summed E-state index contributed by atoms with van der Waals surface area (Å²) in [5, 5.41) is 4.41. The predicted octanol–water partition coefficient (Wildman–Crippen LogP) is -0.988. The van der Waals surface area contributed by atoms with Gasteiger partial charge in [-0.3, -0.25) is 0 Å². The second kappa shape index (κ2) is 2.72. The van der Waals surface area contributed by atoms with Crippen molar-refractivity contribution in [1.82, 2.24) is 4.90 Å². The van der Waals surface area contributed by atoms with E-state index in [-0.39, 0.29) is 0 Å². The molecule has 0 N–H and O–H groups in total. The maximum Gasteiger partial charge on any atom is 0.216 e. The van der Waals surface area contributed by atoms with E-state index in [4.69, 9.17) is 0 Å². The maximum atomic E-state index is 11.5. The summed E-state index contributed by atoms with van der Waals surface area (Å²) in [4.78, 5) is 6.30. The zero-order chi connectivity index (χ0) is 9.54. The minimum atomic E-state index is -1.03. The van der Waals surface area contributed by atoms with E-state index < -0.39 is 9.98 Å². The van der Waals surface area contributed by atoms with Gasteiger partial charge in [0, 0.05) is 26.8 Å². The molecule has 1 aromatic rings. The first kappa shape index (κ1) is 7.82. The first-order valence-corrected chi connectivity index (χ1v) is 5.59. The van der Waals surface area contributed by atoms with Gasteiger partial charge in [-0.15, -0.1) is 0 Å². The zero-order valence-electron chi connectivity index (χ0n) is 7.38. The molecule has 2 heterocycles. The molecule has 4 heteroatoms. The van der Waals surface area contributed by atoms with Crippen LogP contribution in [0.1, 0.15) is 0 Å². The smallest absolute Gasteiger partial charge is 0.216 e. The van der Waals surface area contributed by atoms with Crippen LogP contribution in [0.4, 0.5) is 0 Å². The predicted molar refractivity (Wildman–Crippen MR) is 57.6 cm³/mol. The Kier molecular flexibility index (Phi) is 1.52. The second-order valence-electron chi connectivity index (χ2n) is 3.20. The van der Waals surface area contributed by atoms with Crippen molar-refractivity contribution in [3.63, 3.8) is 0 Å². The Bertz CT molecular complexity index is 658. The highest BCUT2D eigenvalue weighted by Crippen LogP contribution is 1.99. The average Bonchev–Trinajstić information content (AvgIpc) is 2.57. The zero-order valence-corrected chi connectivity index (χ0v) is 8.20. The third-order valence-electron chi connectivity index (χ3n) is 2.30. The molecule has 2 aliphatic rings. The minimum absolute atomic E-state index is 0.656. The number of hydrogen-bond acceptors (Lipinski definition) is 3. The molecule has 0 radical (unpaired) electrons. The lowest BCUT2D eigenvalue weighted by Gasteiger charge is -2.15. The van der Waals surface area contributed by atoms with E-state index in [1.807, 2.05) is 35.4 Å². The molecule has 14 heavy (non-hydrogen) atoms. The third kappa shape index (κ3) is 1.01. The molecule has 0 atom stereocenters. The third-order valence-corrected chi connectivity index (χ3v) is 3.43. The number of benzene rings is 1. The maximum absolute atomic E-state index is 11.5. The van der Waals surface area contributed by atoms with Gasteiger partial charge in [-0.2, -0.15) is 0 Å². The summed E-state index contributed by atoms with van der Waals surface area (Å²) < 4.78 is 11.5. The van der Waals surface area contributed by atoms with E-state index >= 15 is 0 Å². The molecule has 0 bridgehead atoms. The van der Waals surface area contributed by atoms with Crippen molar-refractivity contribution < 1.29 is 4.21 Å². The van der Waals surface area contributed by atoms with E-state index in [0.717, 1.165) is 10.6 Å². The Morgan fingerprint density at radius 2 is 2.21 bits per heavy atom. The van der Waals surface area contributed by atoms with Gasteiger partial charge in [0.05, 0.1) is 11.9 Å². The highest BCUT2D eigenvalue weighted by Gasteiger charge is 2.14. The Morgan fingerprint density at radius 1 is 1.36 bits per heavy atom. The highest BCUT2D eigenvalue weighted by molar-refractivity contribution is 7.84. The normalized spacial score (nSPS) is 17.9. The molecular weight excluding hydrogens is 196 g/mol. The number of fused-ring (bicyclic) bond motifs is 2. The lowest BCUT2D eigenvalue weighted by molar-refractivity contribution is 0.690. The van der Waals surface area contributed by atoms with Crippen LogP contribution < -0.4 is 10.6 Å². The van der Waals surface area contributed by atoms with Gasteiger partial charge in [0.15, 0.2) is 0 Å². The van der Waals surface area contributed by atoms with Crippen molar-refractivity contribution in [2.75, 3.05) is 6.54 Å². The van der Waals surface area contributed by atoms with Crippen LogP contribution >= 0.6 is 0 Å². The summed E-state index contributed by atoms with van der Waals surface area (Å²) in [5.74, 6) is 0. The van der Waals surface area contributed by atoms with Gasteiger partial charge in [0.1, 0.15) is 0 Å². The van der Waals surface area contributed by atoms with Gasteiger partial charge in [-0.1, -0.05) is 18.2 Å². The number of nitrogens with zero attached hydrogens (tertiary/aromatic N) is 2. The van der Waals surface area contributed by atoms with Gasteiger partial charge in [-0.25, -0.2) is 9.20 Å². The van der Waals surface area contributed by atoms with Crippen LogP contribution in [-0.4, -0.2) is 26.1 Å². The largest absolute Gasteiger partial charge is 0.317 e. The van der Waals surface area contributed by atoms with Crippen molar-refractivity contribution >= 4 is 26.7 Å². The highest BCUT2D eigenvalue weighted by atomic mass is 32.1. The van der Waals surface area contributed by atoms with E-state index in [1.54, 1.807) is 5.37 Å². The van der Waals surface area contributed by atoms with E-state index in [2.05, 4.69) is 4.99 Å². The van der Waals surface area contributed by atoms with Crippen LogP contribution in [0.2, 0.25) is 0 Å². The molecule has 3 rings (SSSR count). The molecule has 0 saturated carbocycles. The van der Waals surface area contributed by atoms with Crippen LogP contribution in [0.5, 0.6) is 0 Å². The Hall–Kier alpha value is -1.55. The lowest BCUT2D eigenvalue weighted by atomic mass is 10.3. The van der Waals surface area contributed by atoms with Crippen molar-refractivity contribution in [3.8, 4) is 0 Å². The molecule has 0 fully saturated rings. The summed E-state index contributed by atoms with van der Waals surface area (Å²) in [7, 11) is -1.03. The summed E-state index contributed by atoms with van der Waals surface area (Å²) in [6.45, 7) is 0.694. The molecule has 0 aliphatic carbocycles. The second-order valence-corrected chi connectivity index (χ2v) is 4.49. The lowest BCUT2D eigenvalue weighted by Crippen LogP contribution is -2.37. The van der Waals surface area contributed by atoms with E-state index in [0.29, 0.717) is 11.7 Å². The summed E-state index contributed by atoms with van der Waals surface area (Å²) in [6.07, 6.45) is 2.00. The summed E-state index contributed by atoms with van der Waals surface area (Å²) in [5.41, 5.74) is 0. The van der Waals surface area contributed by atoms with Gasteiger partial charge >= 0.3 is 0 Å². The molecular formula is C10H8N2OS. The van der Waals surface area contributed by atoms with E-state index in [9.17, 15) is 4.21 Å². The number of hydrogen-bond donors (Lipinski definition) is 0. The van der Waals surface area contributed by atoms with Crippen molar-refractivity contribution in [1.29, 1.82) is 0 Å². The Morgan fingerprint density at radius 3 is 3.14 bits per heavy atom. The van der Waals surface area contributed by atoms with Crippen molar-refractivity contribution in [2.45, 2.75) is 0 Å². The first-order valence-electron chi connectivity index (χ1n) is 4.38. The average molecular weight is 204 g/mol. The molecule has 3 nitrogen and oxygen atoms in total. The fourth-order valence-electron chi connectivity index (χ4n) is 1.60. The fourth-order valence-corrected chi connectivity index (χ4v) is 2.59. The van der Waals surface area contributed by atoms with Crippen LogP contribution in [0.3, 0.4) is 0 Å². The molecule has 0 unspecified atom stereocenters. The number of para-hydroxylation sites is 1. The molecule has 0 saturated heterocycles. The van der Waals surface area contributed by atoms with Crippen LogP contribution in [-0.2, 0) is 9.98 Å². The first-order chi connectivity index (χ1) is 6.84. The van der Waals surface area contributed by atoms with Crippen LogP contribution in [0.25, 0.3) is 6.20 Å². The van der Waals surface area contributed by atoms with Gasteiger partial charge in [0.2, 0.25) is 5.11 Å². The van der Waals surface area contributed by atoms with Crippen molar-refractivity contribution in [3.05, 3.63) is 34.8 Å². The van der Waals surface area contributed by atoms with Crippen LogP contribution in [0, 0.1) is 0 Å². The summed E-state index contributed by atoms with van der Waals surface area (Å²) in [6, 6.07) is 7.86. The SMILES string of the molecule is O=S1=CCN2C=c3ccccc3=NC=12. The molecule has 0 aromatic heterocycles. The molecule has 0 spiro atoms. The van der Waals surface area contributed by atoms with Gasteiger partial charge < -0.3 is 4.90 Å². The monoisotopic (exact) mass is 204 g/mol. The molecule has 2 aliphatic heterocycles. The standard InChI is InChI=1S/C10H8N2OS/c13-14-6-5-12-7-8-3-1-2-4-9(8)11-10(12)14/h1-4,6-7H,5H2. The van der Waals surface area contributed by atoms with Crippen molar-refractivity contribution in [2.24, 2.45) is 4.99 Å². The molecule has 1 aromatic carbocycles. The number of rotatable bonds is 0. The van der Waals surface area contributed by atoms with Gasteiger partial charge in [0.25, 0.3) is 0 Å². The molecule has 0 amide bonds. The van der Waals surface area contributed by atoms with Crippen LogP contribution in [0.15, 0.2) is 29.3 Å². The molecule has 70 valence electrons. The van der Waals surface area contributed by atoms with Gasteiger partial charge in [-0.05, 0) is 6.07 Å². The Labute approximate surface area is 82.6 Å². The fraction of sp³-hybridized carbons (Fsp3) is 0.100. The summed E-state index contributed by atoms with van der Waals surface area (Å²) >= 11 is 0. The minimum Gasteiger partial charge on any atom is -0.317 e. The topological polar surface area (TPSA) is 32.7 Å².